The van der Waals surface area contributed by atoms with E-state index in [-0.39, 0.29) is 6.04 Å². The molecule has 0 amide bonds. The average molecular weight is 362 g/mol. The second kappa shape index (κ2) is 6.58. The number of aromatic nitrogens is 2. The molecule has 4 rings (SSSR count). The molecule has 3 nitrogen and oxygen atoms in total. The first-order valence-electron chi connectivity index (χ1n) is 8.70. The van der Waals surface area contributed by atoms with E-state index in [0.29, 0.717) is 0 Å². The van der Waals surface area contributed by atoms with Gasteiger partial charge in [-0.05, 0) is 50.1 Å². The zero-order chi connectivity index (χ0) is 18.3. The van der Waals surface area contributed by atoms with Crippen LogP contribution in [0.4, 0.5) is 5.69 Å². The van der Waals surface area contributed by atoms with Crippen molar-refractivity contribution in [1.29, 1.82) is 0 Å². The molecule has 1 unspecified atom stereocenters. The summed E-state index contributed by atoms with van der Waals surface area (Å²) < 4.78 is 0. The highest BCUT2D eigenvalue weighted by Crippen LogP contribution is 2.31. The summed E-state index contributed by atoms with van der Waals surface area (Å²) in [4.78, 5) is 9.44. The summed E-state index contributed by atoms with van der Waals surface area (Å²) in [5.74, 6) is 0. The molecule has 0 saturated heterocycles. The molecular weight excluding hydrogens is 342 g/mol. The molecule has 0 aliphatic heterocycles. The first-order chi connectivity index (χ1) is 12.5. The topological polar surface area (TPSA) is 37.8 Å². The van der Waals surface area contributed by atoms with Crippen LogP contribution in [0, 0.1) is 13.8 Å². The van der Waals surface area contributed by atoms with Gasteiger partial charge in [0.1, 0.15) is 0 Å². The molecule has 2 aromatic heterocycles. The van der Waals surface area contributed by atoms with Crippen LogP contribution in [-0.4, -0.2) is 9.97 Å². The number of pyridine rings is 2. The molecule has 1 atom stereocenters. The number of fused-ring (bicyclic) bond motifs is 3. The van der Waals surface area contributed by atoms with Crippen LogP contribution in [0.5, 0.6) is 0 Å². The second-order valence-corrected chi connectivity index (χ2v) is 7.16. The molecule has 0 bridgehead atoms. The number of nitrogens with zero attached hydrogens (tertiary/aromatic N) is 2. The summed E-state index contributed by atoms with van der Waals surface area (Å²) in [7, 11) is 0. The third-order valence-electron chi connectivity index (χ3n) is 4.69. The zero-order valence-electron chi connectivity index (χ0n) is 15.0. The van der Waals surface area contributed by atoms with Crippen LogP contribution in [0.15, 0.2) is 54.7 Å². The van der Waals surface area contributed by atoms with Gasteiger partial charge in [0, 0.05) is 17.0 Å². The van der Waals surface area contributed by atoms with Crippen LogP contribution in [0.2, 0.25) is 5.02 Å². The highest BCUT2D eigenvalue weighted by Gasteiger charge is 2.13. The molecule has 4 aromatic rings. The van der Waals surface area contributed by atoms with Gasteiger partial charge in [-0.15, -0.1) is 0 Å². The number of halogens is 1. The molecule has 0 aliphatic carbocycles. The first-order valence-corrected chi connectivity index (χ1v) is 9.08. The van der Waals surface area contributed by atoms with Gasteiger partial charge in [-0.2, -0.15) is 0 Å². The van der Waals surface area contributed by atoms with E-state index in [9.17, 15) is 0 Å². The zero-order valence-corrected chi connectivity index (χ0v) is 15.8. The Morgan fingerprint density at radius 2 is 1.69 bits per heavy atom. The molecule has 2 aromatic carbocycles. The van der Waals surface area contributed by atoms with Gasteiger partial charge in [0.05, 0.1) is 33.5 Å². The number of anilines is 1. The van der Waals surface area contributed by atoms with Gasteiger partial charge < -0.3 is 5.32 Å². The molecule has 0 fully saturated rings. The third kappa shape index (κ3) is 2.99. The third-order valence-corrected chi connectivity index (χ3v) is 4.99. The fourth-order valence-corrected chi connectivity index (χ4v) is 3.74. The van der Waals surface area contributed by atoms with Crippen molar-refractivity contribution in [3.8, 4) is 0 Å². The maximum atomic E-state index is 6.45. The van der Waals surface area contributed by atoms with Crippen LogP contribution >= 0.6 is 11.6 Å². The lowest BCUT2D eigenvalue weighted by atomic mass is 10.1. The molecule has 130 valence electrons. The molecular formula is C22H20ClN3. The van der Waals surface area contributed by atoms with Crippen LogP contribution < -0.4 is 5.32 Å². The Morgan fingerprint density at radius 1 is 0.962 bits per heavy atom. The Labute approximate surface area is 158 Å². The summed E-state index contributed by atoms with van der Waals surface area (Å²) in [5.41, 5.74) is 6.08. The fourth-order valence-electron chi connectivity index (χ4n) is 3.37. The van der Waals surface area contributed by atoms with Crippen LogP contribution in [0.3, 0.4) is 0 Å². The summed E-state index contributed by atoms with van der Waals surface area (Å²) in [6.45, 7) is 6.22. The minimum atomic E-state index is 0.0253. The normalized spacial score (nSPS) is 12.5. The Balaban J connectivity index is 1.75. The Morgan fingerprint density at radius 3 is 2.46 bits per heavy atom. The Kier molecular flexibility index (Phi) is 4.25. The highest BCUT2D eigenvalue weighted by molar-refractivity contribution is 6.33. The number of benzene rings is 2. The van der Waals surface area contributed by atoms with E-state index in [0.717, 1.165) is 49.3 Å². The molecule has 1 N–H and O–H groups in total. The Bertz CT molecular complexity index is 1100. The van der Waals surface area contributed by atoms with Gasteiger partial charge >= 0.3 is 0 Å². The van der Waals surface area contributed by atoms with Crippen molar-refractivity contribution in [2.75, 3.05) is 5.32 Å². The molecule has 26 heavy (non-hydrogen) atoms. The largest absolute Gasteiger partial charge is 0.376 e. The quantitative estimate of drug-likeness (QED) is 0.440. The van der Waals surface area contributed by atoms with Crippen molar-refractivity contribution in [1.82, 2.24) is 9.97 Å². The standard InChI is InChI=1S/C22H20ClN3/c1-13-11-14(2)20(18(23)12-13)25-15(3)19-9-8-17-7-6-16-5-4-10-24-21(16)22(17)26-19/h4-12,15,25H,1-3H3. The van der Waals surface area contributed by atoms with E-state index in [4.69, 9.17) is 16.6 Å². The van der Waals surface area contributed by atoms with Gasteiger partial charge in [-0.3, -0.25) is 4.98 Å². The van der Waals surface area contributed by atoms with Crippen molar-refractivity contribution in [2.45, 2.75) is 26.8 Å². The van der Waals surface area contributed by atoms with E-state index in [1.165, 1.54) is 0 Å². The summed E-state index contributed by atoms with van der Waals surface area (Å²) in [6.07, 6.45) is 1.81. The first kappa shape index (κ1) is 16.8. The lowest BCUT2D eigenvalue weighted by molar-refractivity contribution is 0.845. The van der Waals surface area contributed by atoms with Gasteiger partial charge in [-0.1, -0.05) is 41.9 Å². The number of aryl methyl sites for hydroxylation is 2. The molecule has 2 heterocycles. The summed E-state index contributed by atoms with van der Waals surface area (Å²) in [6, 6.07) is 16.5. The van der Waals surface area contributed by atoms with Crippen molar-refractivity contribution in [2.24, 2.45) is 0 Å². The predicted octanol–water partition coefficient (Wildman–Crippen LogP) is 6.23. The smallest absolute Gasteiger partial charge is 0.0968 e. The average Bonchev–Trinajstić information content (AvgIpc) is 2.64. The molecule has 0 spiro atoms. The van der Waals surface area contributed by atoms with Gasteiger partial charge in [-0.25, -0.2) is 4.98 Å². The second-order valence-electron chi connectivity index (χ2n) is 6.75. The molecule has 0 radical (unpaired) electrons. The van der Waals surface area contributed by atoms with Gasteiger partial charge in [0.25, 0.3) is 0 Å². The monoisotopic (exact) mass is 361 g/mol. The highest BCUT2D eigenvalue weighted by atomic mass is 35.5. The molecule has 4 heteroatoms. The number of nitrogens with one attached hydrogen (secondary N) is 1. The number of rotatable bonds is 3. The Hall–Kier alpha value is -2.65. The molecule has 0 saturated carbocycles. The van der Waals surface area contributed by atoms with E-state index in [1.54, 1.807) is 0 Å². The SMILES string of the molecule is Cc1cc(C)c(NC(C)c2ccc3ccc4cccnc4c3n2)c(Cl)c1. The minimum Gasteiger partial charge on any atom is -0.376 e. The van der Waals surface area contributed by atoms with E-state index in [1.807, 2.05) is 18.3 Å². The fraction of sp³-hybridized carbons (Fsp3) is 0.182. The minimum absolute atomic E-state index is 0.0253. The number of hydrogen-bond donors (Lipinski definition) is 1. The lowest BCUT2D eigenvalue weighted by Gasteiger charge is -2.19. The van der Waals surface area contributed by atoms with Crippen molar-refractivity contribution < 1.29 is 0 Å². The van der Waals surface area contributed by atoms with Crippen molar-refractivity contribution in [3.63, 3.8) is 0 Å². The van der Waals surface area contributed by atoms with Crippen molar-refractivity contribution >= 4 is 39.1 Å². The van der Waals surface area contributed by atoms with E-state index < -0.39 is 0 Å². The number of hydrogen-bond acceptors (Lipinski definition) is 3. The van der Waals surface area contributed by atoms with Crippen LogP contribution in [0.25, 0.3) is 21.8 Å². The van der Waals surface area contributed by atoms with E-state index >= 15 is 0 Å². The van der Waals surface area contributed by atoms with Crippen LogP contribution in [0.1, 0.15) is 29.8 Å². The predicted molar refractivity (Wildman–Crippen MR) is 110 cm³/mol. The van der Waals surface area contributed by atoms with Crippen LogP contribution in [-0.2, 0) is 0 Å². The lowest BCUT2D eigenvalue weighted by Crippen LogP contribution is -2.10. The van der Waals surface area contributed by atoms with Crippen molar-refractivity contribution in [3.05, 3.63) is 76.6 Å². The summed E-state index contributed by atoms with van der Waals surface area (Å²) >= 11 is 6.45. The van der Waals surface area contributed by atoms with Gasteiger partial charge in [0.2, 0.25) is 0 Å². The van der Waals surface area contributed by atoms with Gasteiger partial charge in [0.15, 0.2) is 0 Å². The maximum absolute atomic E-state index is 6.45. The molecule has 0 aliphatic rings. The maximum Gasteiger partial charge on any atom is 0.0968 e. The summed E-state index contributed by atoms with van der Waals surface area (Å²) in [5, 5.41) is 6.45. The van der Waals surface area contributed by atoms with E-state index in [2.05, 4.69) is 67.5 Å².